The van der Waals surface area contributed by atoms with Gasteiger partial charge in [0.15, 0.2) is 0 Å². The maximum atomic E-state index is 13.1. The van der Waals surface area contributed by atoms with Crippen LogP contribution in [-0.2, 0) is 0 Å². The second kappa shape index (κ2) is 7.64. The number of fused-ring (bicyclic) bond motifs is 1. The molecule has 1 amide bonds. The fourth-order valence-corrected chi connectivity index (χ4v) is 3.66. The fraction of sp³-hybridized carbons (Fsp3) is 0.100. The summed E-state index contributed by atoms with van der Waals surface area (Å²) in [4.78, 5) is 20.4. The van der Waals surface area contributed by atoms with Gasteiger partial charge in [-0.3, -0.25) is 4.79 Å². The average molecular weight is 369 g/mol. The van der Waals surface area contributed by atoms with E-state index >= 15 is 0 Å². The number of pyridine rings is 1. The molecule has 3 rings (SSSR count). The van der Waals surface area contributed by atoms with E-state index < -0.39 is 0 Å². The summed E-state index contributed by atoms with van der Waals surface area (Å²) in [6, 6.07) is 13.3. The van der Waals surface area contributed by atoms with Gasteiger partial charge in [0.05, 0.1) is 26.0 Å². The Bertz CT molecular complexity index is 938. The minimum Gasteiger partial charge on any atom is -0.331 e. The third-order valence-electron chi connectivity index (χ3n) is 3.76. The van der Waals surface area contributed by atoms with Crippen molar-refractivity contribution in [1.29, 1.82) is 0 Å². The van der Waals surface area contributed by atoms with E-state index in [1.54, 1.807) is 17.1 Å². The Morgan fingerprint density at radius 1 is 1.16 bits per heavy atom. The van der Waals surface area contributed by atoms with Crippen molar-refractivity contribution < 1.29 is 4.79 Å². The number of aromatic nitrogens is 1. The number of nitrogens with zero attached hydrogens (tertiary/aromatic N) is 2. The first-order valence-corrected chi connectivity index (χ1v) is 9.00. The Kier molecular flexibility index (Phi) is 5.31. The monoisotopic (exact) mass is 368 g/mol. The summed E-state index contributed by atoms with van der Waals surface area (Å²) >= 11 is 7.50. The van der Waals surface area contributed by atoms with Crippen LogP contribution in [0.3, 0.4) is 0 Å². The fourth-order valence-electron chi connectivity index (χ4n) is 2.65. The van der Waals surface area contributed by atoms with Crippen molar-refractivity contribution in [1.82, 2.24) is 9.88 Å². The van der Waals surface area contributed by atoms with E-state index in [0.29, 0.717) is 23.0 Å². The molecule has 0 fully saturated rings. The number of halogens is 1. The highest BCUT2D eigenvalue weighted by atomic mass is 35.5. The number of hydrogen-bond acceptors (Lipinski definition) is 3. The van der Waals surface area contributed by atoms with Crippen molar-refractivity contribution in [3.05, 3.63) is 77.7 Å². The summed E-state index contributed by atoms with van der Waals surface area (Å²) in [5.74, 6) is -0.0673. The molecule has 0 bridgehead atoms. The number of carbonyl (C=O) groups is 1. The van der Waals surface area contributed by atoms with Gasteiger partial charge in [-0.05, 0) is 24.3 Å². The molecule has 5 heteroatoms. The zero-order chi connectivity index (χ0) is 17.8. The van der Waals surface area contributed by atoms with Gasteiger partial charge in [-0.2, -0.15) is 0 Å². The van der Waals surface area contributed by atoms with Crippen LogP contribution >= 0.6 is 22.9 Å². The van der Waals surface area contributed by atoms with Crippen LogP contribution in [0.4, 0.5) is 0 Å². The van der Waals surface area contributed by atoms with Gasteiger partial charge in [0.2, 0.25) is 0 Å². The lowest BCUT2D eigenvalue weighted by Gasteiger charge is -2.20. The van der Waals surface area contributed by atoms with Gasteiger partial charge in [-0.25, -0.2) is 4.98 Å². The van der Waals surface area contributed by atoms with Crippen LogP contribution in [0.5, 0.6) is 0 Å². The molecule has 25 heavy (non-hydrogen) atoms. The van der Waals surface area contributed by atoms with Gasteiger partial charge in [0.1, 0.15) is 0 Å². The Hall–Kier alpha value is -2.43. The Balaban J connectivity index is 2.16. The smallest absolute Gasteiger partial charge is 0.255 e. The molecule has 0 aliphatic carbocycles. The standard InChI is InChI=1S/C20H17ClN2OS/c1-3-11-23(12-4-2)20(24)15-13-17(18-9-10-19(21)25-18)22-16-8-6-5-7-14(15)16/h3-10,13H,1-2,11-12H2. The quantitative estimate of drug-likeness (QED) is 0.543. The van der Waals surface area contributed by atoms with Crippen LogP contribution in [0.15, 0.2) is 67.8 Å². The molecule has 0 spiro atoms. The molecular weight excluding hydrogens is 352 g/mol. The second-order valence-corrected chi connectivity index (χ2v) is 7.18. The number of benzene rings is 1. The van der Waals surface area contributed by atoms with E-state index in [1.165, 1.54) is 11.3 Å². The molecule has 3 aromatic rings. The van der Waals surface area contributed by atoms with Crippen LogP contribution in [0.2, 0.25) is 4.34 Å². The predicted octanol–water partition coefficient (Wildman–Crippen LogP) is 5.43. The highest BCUT2D eigenvalue weighted by Gasteiger charge is 2.19. The summed E-state index contributed by atoms with van der Waals surface area (Å²) in [7, 11) is 0. The molecule has 0 saturated heterocycles. The van der Waals surface area contributed by atoms with Crippen molar-refractivity contribution in [2.24, 2.45) is 0 Å². The van der Waals surface area contributed by atoms with Crippen molar-refractivity contribution in [2.75, 3.05) is 13.1 Å². The minimum absolute atomic E-state index is 0.0673. The summed E-state index contributed by atoms with van der Waals surface area (Å²) in [5, 5.41) is 0.831. The average Bonchev–Trinajstić information content (AvgIpc) is 3.06. The number of thiophene rings is 1. The Labute approximate surface area is 155 Å². The van der Waals surface area contributed by atoms with Crippen LogP contribution < -0.4 is 0 Å². The first kappa shape index (κ1) is 17.4. The number of rotatable bonds is 6. The topological polar surface area (TPSA) is 33.2 Å². The lowest BCUT2D eigenvalue weighted by atomic mass is 10.1. The van der Waals surface area contributed by atoms with Crippen molar-refractivity contribution in [3.63, 3.8) is 0 Å². The number of para-hydroxylation sites is 1. The Morgan fingerprint density at radius 3 is 2.52 bits per heavy atom. The number of carbonyl (C=O) groups excluding carboxylic acids is 1. The third kappa shape index (κ3) is 3.65. The number of amides is 1. The molecule has 0 atom stereocenters. The van der Waals surface area contributed by atoms with Crippen LogP contribution in [0.1, 0.15) is 10.4 Å². The van der Waals surface area contributed by atoms with E-state index in [2.05, 4.69) is 13.2 Å². The third-order valence-corrected chi connectivity index (χ3v) is 5.01. The molecule has 2 aromatic heterocycles. The number of hydrogen-bond donors (Lipinski definition) is 0. The van der Waals surface area contributed by atoms with Crippen LogP contribution in [0.25, 0.3) is 21.5 Å². The summed E-state index contributed by atoms with van der Waals surface area (Å²) in [6.45, 7) is 8.39. The first-order valence-electron chi connectivity index (χ1n) is 7.80. The van der Waals surface area contributed by atoms with Crippen molar-refractivity contribution in [2.45, 2.75) is 0 Å². The molecule has 0 aliphatic heterocycles. The summed E-state index contributed by atoms with van der Waals surface area (Å²) < 4.78 is 0.692. The minimum atomic E-state index is -0.0673. The van der Waals surface area contributed by atoms with Gasteiger partial charge < -0.3 is 4.90 Å². The summed E-state index contributed by atoms with van der Waals surface area (Å²) in [5.41, 5.74) is 2.15. The maximum absolute atomic E-state index is 13.1. The molecule has 2 heterocycles. The van der Waals surface area contributed by atoms with E-state index in [-0.39, 0.29) is 5.91 Å². The highest BCUT2D eigenvalue weighted by molar-refractivity contribution is 7.19. The lowest BCUT2D eigenvalue weighted by molar-refractivity contribution is 0.0793. The molecule has 126 valence electrons. The molecule has 0 unspecified atom stereocenters. The first-order chi connectivity index (χ1) is 12.1. The van der Waals surface area contributed by atoms with Crippen molar-refractivity contribution >= 4 is 39.7 Å². The molecular formula is C20H17ClN2OS. The van der Waals surface area contributed by atoms with Gasteiger partial charge in [-0.15, -0.1) is 24.5 Å². The van der Waals surface area contributed by atoms with E-state index in [0.717, 1.165) is 21.5 Å². The zero-order valence-corrected chi connectivity index (χ0v) is 15.2. The summed E-state index contributed by atoms with van der Waals surface area (Å²) in [6.07, 6.45) is 3.43. The van der Waals surface area contributed by atoms with Gasteiger partial charge in [0, 0.05) is 18.5 Å². The van der Waals surface area contributed by atoms with Crippen LogP contribution in [0, 0.1) is 0 Å². The normalized spacial score (nSPS) is 10.6. The highest BCUT2D eigenvalue weighted by Crippen LogP contribution is 2.32. The lowest BCUT2D eigenvalue weighted by Crippen LogP contribution is -2.31. The van der Waals surface area contributed by atoms with Crippen LogP contribution in [-0.4, -0.2) is 28.9 Å². The zero-order valence-electron chi connectivity index (χ0n) is 13.6. The molecule has 0 aliphatic rings. The molecule has 3 nitrogen and oxygen atoms in total. The SMILES string of the molecule is C=CCN(CC=C)C(=O)c1cc(-c2ccc(Cl)s2)nc2ccccc12. The van der Waals surface area contributed by atoms with Gasteiger partial charge in [0.25, 0.3) is 5.91 Å². The maximum Gasteiger partial charge on any atom is 0.255 e. The van der Waals surface area contributed by atoms with Crippen molar-refractivity contribution in [3.8, 4) is 10.6 Å². The van der Waals surface area contributed by atoms with Gasteiger partial charge >= 0.3 is 0 Å². The molecule has 1 aromatic carbocycles. The molecule has 0 saturated carbocycles. The molecule has 0 radical (unpaired) electrons. The Morgan fingerprint density at radius 2 is 1.88 bits per heavy atom. The largest absolute Gasteiger partial charge is 0.331 e. The molecule has 0 N–H and O–H groups in total. The van der Waals surface area contributed by atoms with E-state index in [9.17, 15) is 4.79 Å². The predicted molar refractivity (Wildman–Crippen MR) is 106 cm³/mol. The van der Waals surface area contributed by atoms with Gasteiger partial charge in [-0.1, -0.05) is 42.0 Å². The second-order valence-electron chi connectivity index (χ2n) is 5.46. The van der Waals surface area contributed by atoms with E-state index in [1.807, 2.05) is 42.5 Å². The van der Waals surface area contributed by atoms with E-state index in [4.69, 9.17) is 16.6 Å².